The molecule has 3 rings (SSSR count). The van der Waals surface area contributed by atoms with Gasteiger partial charge < -0.3 is 16.0 Å². The Balaban J connectivity index is 1.66. The molecule has 1 aromatic heterocycles. The molecular formula is C16H16ClN5O2. The normalized spacial score (nSPS) is 16.9. The maximum absolute atomic E-state index is 12.4. The third kappa shape index (κ3) is 3.46. The highest BCUT2D eigenvalue weighted by molar-refractivity contribution is 6.30. The predicted molar refractivity (Wildman–Crippen MR) is 90.1 cm³/mol. The second-order valence-corrected chi connectivity index (χ2v) is 5.94. The second-order valence-electron chi connectivity index (χ2n) is 5.50. The maximum Gasteiger partial charge on any atom is 0.272 e. The van der Waals surface area contributed by atoms with Gasteiger partial charge in [0.25, 0.3) is 11.8 Å². The van der Waals surface area contributed by atoms with Crippen LogP contribution in [0.3, 0.4) is 0 Å². The Labute approximate surface area is 143 Å². The van der Waals surface area contributed by atoms with Crippen LogP contribution in [-0.4, -0.2) is 40.9 Å². The third-order valence-electron chi connectivity index (χ3n) is 3.86. The lowest BCUT2D eigenvalue weighted by Crippen LogP contribution is -2.38. The minimum absolute atomic E-state index is 0.0455. The molecule has 124 valence electrons. The van der Waals surface area contributed by atoms with Gasteiger partial charge in [-0.15, -0.1) is 0 Å². The fourth-order valence-corrected chi connectivity index (χ4v) is 2.83. The largest absolute Gasteiger partial charge is 0.369 e. The molecule has 8 heteroatoms. The summed E-state index contributed by atoms with van der Waals surface area (Å²) in [4.78, 5) is 33.6. The zero-order valence-corrected chi connectivity index (χ0v) is 13.5. The first-order valence-electron chi connectivity index (χ1n) is 7.47. The van der Waals surface area contributed by atoms with E-state index in [4.69, 9.17) is 17.3 Å². The molecule has 0 aliphatic carbocycles. The van der Waals surface area contributed by atoms with Crippen LogP contribution in [0.2, 0.25) is 5.02 Å². The smallest absolute Gasteiger partial charge is 0.272 e. The summed E-state index contributed by atoms with van der Waals surface area (Å²) >= 11 is 5.90. The van der Waals surface area contributed by atoms with Crippen LogP contribution in [0.1, 0.15) is 27.4 Å². The van der Waals surface area contributed by atoms with Crippen LogP contribution in [0.25, 0.3) is 0 Å². The van der Waals surface area contributed by atoms with Gasteiger partial charge in [0.1, 0.15) is 0 Å². The van der Waals surface area contributed by atoms with Crippen molar-refractivity contribution in [3.05, 3.63) is 53.1 Å². The van der Waals surface area contributed by atoms with Crippen molar-refractivity contribution in [2.24, 2.45) is 5.73 Å². The molecular weight excluding hydrogens is 330 g/mol. The summed E-state index contributed by atoms with van der Waals surface area (Å²) in [5.74, 6) is -1.22. The lowest BCUT2D eigenvalue weighted by molar-refractivity contribution is 0.0917. The number of rotatable bonds is 4. The highest BCUT2D eigenvalue weighted by Gasteiger charge is 2.26. The Morgan fingerprint density at radius 1 is 1.17 bits per heavy atom. The first-order valence-corrected chi connectivity index (χ1v) is 7.84. The summed E-state index contributed by atoms with van der Waals surface area (Å²) in [5.41, 5.74) is 6.11. The SMILES string of the molecule is NC(=O)c1nccnc1C(=O)NC1CCN(c2ccc(Cl)cc2)C1. The zero-order chi connectivity index (χ0) is 17.1. The Bertz CT molecular complexity index is 765. The Morgan fingerprint density at radius 3 is 2.50 bits per heavy atom. The standard InChI is InChI=1S/C16H16ClN5O2/c17-10-1-3-12(4-2-10)22-8-5-11(9-22)21-16(24)14-13(15(18)23)19-6-7-20-14/h1-4,6-7,11H,5,8-9H2,(H2,18,23)(H,21,24). The van der Waals surface area contributed by atoms with E-state index in [1.54, 1.807) is 0 Å². The van der Waals surface area contributed by atoms with Crippen molar-refractivity contribution in [2.75, 3.05) is 18.0 Å². The van der Waals surface area contributed by atoms with Crippen molar-refractivity contribution in [3.8, 4) is 0 Å². The predicted octanol–water partition coefficient (Wildman–Crippen LogP) is 1.24. The number of halogens is 1. The van der Waals surface area contributed by atoms with Gasteiger partial charge in [-0.25, -0.2) is 9.97 Å². The number of nitrogens with one attached hydrogen (secondary N) is 1. The Morgan fingerprint density at radius 2 is 1.83 bits per heavy atom. The number of carbonyl (C=O) groups excluding carboxylic acids is 2. The van der Waals surface area contributed by atoms with Gasteiger partial charge in [-0.1, -0.05) is 11.6 Å². The first kappa shape index (κ1) is 16.2. The molecule has 1 saturated heterocycles. The molecule has 3 N–H and O–H groups in total. The van der Waals surface area contributed by atoms with E-state index >= 15 is 0 Å². The van der Waals surface area contributed by atoms with Crippen LogP contribution in [0.5, 0.6) is 0 Å². The van der Waals surface area contributed by atoms with Gasteiger partial charge in [0.15, 0.2) is 11.4 Å². The third-order valence-corrected chi connectivity index (χ3v) is 4.11. The van der Waals surface area contributed by atoms with Crippen LogP contribution < -0.4 is 16.0 Å². The highest BCUT2D eigenvalue weighted by Crippen LogP contribution is 2.22. The molecule has 1 aliphatic rings. The molecule has 2 aromatic rings. The van der Waals surface area contributed by atoms with E-state index in [1.165, 1.54) is 12.4 Å². The van der Waals surface area contributed by atoms with Crippen LogP contribution in [-0.2, 0) is 0 Å². The number of aromatic nitrogens is 2. The molecule has 1 aliphatic heterocycles. The lowest BCUT2D eigenvalue weighted by Gasteiger charge is -2.19. The summed E-state index contributed by atoms with van der Waals surface area (Å²) < 4.78 is 0. The van der Waals surface area contributed by atoms with Gasteiger partial charge >= 0.3 is 0 Å². The van der Waals surface area contributed by atoms with E-state index in [0.717, 1.165) is 18.7 Å². The zero-order valence-electron chi connectivity index (χ0n) is 12.8. The van der Waals surface area contributed by atoms with E-state index in [9.17, 15) is 9.59 Å². The van der Waals surface area contributed by atoms with Crippen LogP contribution in [0.4, 0.5) is 5.69 Å². The number of amides is 2. The number of benzene rings is 1. The fraction of sp³-hybridized carbons (Fsp3) is 0.250. The average Bonchev–Trinajstić information content (AvgIpc) is 3.04. The minimum atomic E-state index is -0.775. The van der Waals surface area contributed by atoms with Crippen molar-refractivity contribution in [1.82, 2.24) is 15.3 Å². The number of nitrogens with zero attached hydrogens (tertiary/aromatic N) is 3. The van der Waals surface area contributed by atoms with Crippen LogP contribution >= 0.6 is 11.6 Å². The number of anilines is 1. The van der Waals surface area contributed by atoms with E-state index in [2.05, 4.69) is 20.2 Å². The number of hydrogen-bond acceptors (Lipinski definition) is 5. The lowest BCUT2D eigenvalue weighted by atomic mass is 10.2. The molecule has 0 bridgehead atoms. The van der Waals surface area contributed by atoms with Crippen LogP contribution in [0.15, 0.2) is 36.7 Å². The van der Waals surface area contributed by atoms with E-state index < -0.39 is 11.8 Å². The molecule has 24 heavy (non-hydrogen) atoms. The summed E-state index contributed by atoms with van der Waals surface area (Å²) in [5, 5.41) is 3.57. The maximum atomic E-state index is 12.4. The van der Waals surface area contributed by atoms with Gasteiger partial charge in [0.05, 0.1) is 0 Å². The molecule has 2 amide bonds. The molecule has 1 atom stereocenters. The topological polar surface area (TPSA) is 101 Å². The number of nitrogens with two attached hydrogens (primary N) is 1. The van der Waals surface area contributed by atoms with Crippen molar-refractivity contribution in [1.29, 1.82) is 0 Å². The fourth-order valence-electron chi connectivity index (χ4n) is 2.70. The van der Waals surface area contributed by atoms with E-state index in [1.807, 2.05) is 24.3 Å². The molecule has 1 fully saturated rings. The Hall–Kier alpha value is -2.67. The molecule has 1 unspecified atom stereocenters. The van der Waals surface area contributed by atoms with Gasteiger partial charge in [-0.05, 0) is 30.7 Å². The summed E-state index contributed by atoms with van der Waals surface area (Å²) in [6, 6.07) is 7.51. The molecule has 1 aromatic carbocycles. The molecule has 2 heterocycles. The van der Waals surface area contributed by atoms with E-state index in [-0.39, 0.29) is 17.4 Å². The average molecular weight is 346 g/mol. The highest BCUT2D eigenvalue weighted by atomic mass is 35.5. The van der Waals surface area contributed by atoms with Gasteiger partial charge in [-0.2, -0.15) is 0 Å². The molecule has 0 spiro atoms. The monoisotopic (exact) mass is 345 g/mol. The van der Waals surface area contributed by atoms with Crippen LogP contribution in [0, 0.1) is 0 Å². The summed E-state index contributed by atoms with van der Waals surface area (Å²) in [6.45, 7) is 1.48. The van der Waals surface area contributed by atoms with E-state index in [0.29, 0.717) is 11.6 Å². The summed E-state index contributed by atoms with van der Waals surface area (Å²) in [6.07, 6.45) is 3.48. The van der Waals surface area contributed by atoms with Crippen molar-refractivity contribution < 1.29 is 9.59 Å². The van der Waals surface area contributed by atoms with Crippen molar-refractivity contribution in [3.63, 3.8) is 0 Å². The number of primary amides is 1. The molecule has 0 radical (unpaired) electrons. The van der Waals surface area contributed by atoms with Gasteiger partial charge in [0.2, 0.25) is 0 Å². The first-order chi connectivity index (χ1) is 11.5. The van der Waals surface area contributed by atoms with Crippen molar-refractivity contribution in [2.45, 2.75) is 12.5 Å². The minimum Gasteiger partial charge on any atom is -0.369 e. The number of hydrogen-bond donors (Lipinski definition) is 2. The number of carbonyl (C=O) groups is 2. The van der Waals surface area contributed by atoms with Crippen molar-refractivity contribution >= 4 is 29.1 Å². The van der Waals surface area contributed by atoms with Gasteiger partial charge in [-0.3, -0.25) is 9.59 Å². The quantitative estimate of drug-likeness (QED) is 0.868. The molecule has 7 nitrogen and oxygen atoms in total. The summed E-state index contributed by atoms with van der Waals surface area (Å²) in [7, 11) is 0. The molecule has 0 saturated carbocycles. The Kier molecular flexibility index (Phi) is 4.61. The van der Waals surface area contributed by atoms with Gasteiger partial charge in [0, 0.05) is 42.2 Å². The second kappa shape index (κ2) is 6.84.